The number of nitrogens with one attached hydrogen (secondary N) is 2. The number of hydrogen-bond donors (Lipinski definition) is 4. The molecule has 0 radical (unpaired) electrons. The monoisotopic (exact) mass is 508 g/mol. The number of fused-ring (bicyclic) bond motifs is 1. The highest BCUT2D eigenvalue weighted by Crippen LogP contribution is 2.38. The number of anilines is 1. The summed E-state index contributed by atoms with van der Waals surface area (Å²) in [7, 11) is 1.50. The summed E-state index contributed by atoms with van der Waals surface area (Å²) in [5.41, 5.74) is 2.27. The summed E-state index contributed by atoms with van der Waals surface area (Å²) in [5, 5.41) is 29.7. The Morgan fingerprint density at radius 2 is 1.66 bits per heavy atom. The van der Waals surface area contributed by atoms with Crippen molar-refractivity contribution in [1.82, 2.24) is 5.32 Å². The molecule has 0 spiro atoms. The van der Waals surface area contributed by atoms with E-state index in [1.807, 2.05) is 54.6 Å². The number of ether oxygens (including phenoxy) is 1. The number of aromatic hydroxyl groups is 2. The molecule has 5 nitrogen and oxygen atoms in total. The van der Waals surface area contributed by atoms with Crippen LogP contribution < -0.4 is 15.4 Å². The first kappa shape index (κ1) is 21.9. The fourth-order valence-electron chi connectivity index (χ4n) is 3.61. The van der Waals surface area contributed by atoms with Gasteiger partial charge < -0.3 is 25.6 Å². The van der Waals surface area contributed by atoms with Crippen LogP contribution in [0, 0.1) is 0 Å². The summed E-state index contributed by atoms with van der Waals surface area (Å²) in [6.45, 7) is 0. The summed E-state index contributed by atoms with van der Waals surface area (Å²) in [6, 6.07) is 23.6. The molecule has 0 saturated heterocycles. The molecular weight excluding hydrogens is 488 g/mol. The van der Waals surface area contributed by atoms with Gasteiger partial charge in [-0.2, -0.15) is 0 Å². The highest BCUT2D eigenvalue weighted by molar-refractivity contribution is 9.10. The van der Waals surface area contributed by atoms with E-state index in [1.54, 1.807) is 24.3 Å². The largest absolute Gasteiger partial charge is 0.508 e. The number of rotatable bonds is 5. The van der Waals surface area contributed by atoms with Gasteiger partial charge in [-0.15, -0.1) is 0 Å². The minimum Gasteiger partial charge on any atom is -0.508 e. The third kappa shape index (κ3) is 4.64. The van der Waals surface area contributed by atoms with Crippen molar-refractivity contribution in [2.45, 2.75) is 6.04 Å². The van der Waals surface area contributed by atoms with E-state index in [0.717, 1.165) is 26.5 Å². The highest BCUT2D eigenvalue weighted by Gasteiger charge is 2.23. The van der Waals surface area contributed by atoms with Crippen LogP contribution in [-0.2, 0) is 0 Å². The van der Waals surface area contributed by atoms with Crippen molar-refractivity contribution in [3.05, 3.63) is 94.5 Å². The van der Waals surface area contributed by atoms with Crippen molar-refractivity contribution in [1.29, 1.82) is 0 Å². The van der Waals surface area contributed by atoms with Gasteiger partial charge in [0.1, 0.15) is 5.75 Å². The van der Waals surface area contributed by atoms with Gasteiger partial charge in [0, 0.05) is 15.7 Å². The zero-order valence-corrected chi connectivity index (χ0v) is 19.6. The van der Waals surface area contributed by atoms with Crippen LogP contribution in [0.3, 0.4) is 0 Å². The van der Waals surface area contributed by atoms with Crippen molar-refractivity contribution < 1.29 is 14.9 Å². The fourth-order valence-corrected chi connectivity index (χ4v) is 4.11. The maximum absolute atomic E-state index is 10.9. The summed E-state index contributed by atoms with van der Waals surface area (Å²) >= 11 is 9.03. The van der Waals surface area contributed by atoms with E-state index < -0.39 is 6.04 Å². The lowest BCUT2D eigenvalue weighted by Gasteiger charge is -2.25. The van der Waals surface area contributed by atoms with Crippen molar-refractivity contribution in [3.8, 4) is 17.2 Å². The third-order valence-corrected chi connectivity index (χ3v) is 5.90. The molecule has 4 aromatic carbocycles. The minimum absolute atomic E-state index is 0.0349. The molecule has 162 valence electrons. The van der Waals surface area contributed by atoms with E-state index >= 15 is 0 Å². The molecule has 0 aliphatic rings. The van der Waals surface area contributed by atoms with E-state index in [9.17, 15) is 10.2 Å². The predicted octanol–water partition coefficient (Wildman–Crippen LogP) is 6.10. The molecule has 0 aromatic heterocycles. The second-order valence-corrected chi connectivity index (χ2v) is 8.51. The molecule has 7 heteroatoms. The highest BCUT2D eigenvalue weighted by atomic mass is 79.9. The molecule has 32 heavy (non-hydrogen) atoms. The Kier molecular flexibility index (Phi) is 6.48. The van der Waals surface area contributed by atoms with E-state index in [-0.39, 0.29) is 11.5 Å². The Balaban J connectivity index is 1.78. The van der Waals surface area contributed by atoms with Crippen molar-refractivity contribution in [2.24, 2.45) is 0 Å². The number of thiocarbonyl (C=S) groups is 1. The van der Waals surface area contributed by atoms with Crippen LogP contribution in [0.2, 0.25) is 0 Å². The Hall–Kier alpha value is -3.29. The van der Waals surface area contributed by atoms with Crippen LogP contribution in [0.1, 0.15) is 17.2 Å². The Labute approximate surface area is 199 Å². The zero-order chi connectivity index (χ0) is 22.7. The Morgan fingerprint density at radius 1 is 0.938 bits per heavy atom. The second kappa shape index (κ2) is 9.46. The number of benzene rings is 4. The topological polar surface area (TPSA) is 73.8 Å². The molecule has 1 atom stereocenters. The summed E-state index contributed by atoms with van der Waals surface area (Å²) < 4.78 is 6.28. The van der Waals surface area contributed by atoms with Crippen LogP contribution in [0.5, 0.6) is 17.2 Å². The third-order valence-electron chi connectivity index (χ3n) is 5.15. The summed E-state index contributed by atoms with van der Waals surface area (Å²) in [6.07, 6.45) is 0. The van der Waals surface area contributed by atoms with Crippen LogP contribution in [0.25, 0.3) is 10.8 Å². The number of methoxy groups -OCH3 is 1. The lowest BCUT2D eigenvalue weighted by Crippen LogP contribution is -2.33. The molecule has 0 amide bonds. The zero-order valence-electron chi connectivity index (χ0n) is 17.2. The van der Waals surface area contributed by atoms with Crippen LogP contribution in [0.15, 0.2) is 83.3 Å². The van der Waals surface area contributed by atoms with Gasteiger partial charge in [-0.25, -0.2) is 0 Å². The molecule has 1 unspecified atom stereocenters. The van der Waals surface area contributed by atoms with Crippen LogP contribution >= 0.6 is 28.1 Å². The average molecular weight is 509 g/mol. The molecule has 0 aliphatic heterocycles. The fraction of sp³-hybridized carbons (Fsp3) is 0.0800. The molecule has 4 N–H and O–H groups in total. The average Bonchev–Trinajstić information content (AvgIpc) is 2.80. The SMILES string of the molecule is COc1cc(C(NC(=S)Nc2ccc(Br)cc2)c2c(O)ccc3ccccc23)ccc1O. The number of phenolic OH excluding ortho intramolecular Hbond substituents is 2. The van der Waals surface area contributed by atoms with E-state index in [0.29, 0.717) is 16.4 Å². The van der Waals surface area contributed by atoms with Gasteiger partial charge in [-0.05, 0) is 71.0 Å². The first-order valence-corrected chi connectivity index (χ1v) is 11.1. The van der Waals surface area contributed by atoms with Gasteiger partial charge in [0.25, 0.3) is 0 Å². The maximum Gasteiger partial charge on any atom is 0.171 e. The predicted molar refractivity (Wildman–Crippen MR) is 136 cm³/mol. The number of phenols is 2. The minimum atomic E-state index is -0.508. The van der Waals surface area contributed by atoms with Crippen molar-refractivity contribution in [2.75, 3.05) is 12.4 Å². The smallest absolute Gasteiger partial charge is 0.171 e. The van der Waals surface area contributed by atoms with Gasteiger partial charge in [-0.3, -0.25) is 0 Å². The molecule has 4 rings (SSSR count). The number of hydrogen-bond acceptors (Lipinski definition) is 4. The summed E-state index contributed by atoms with van der Waals surface area (Å²) in [5.74, 6) is 0.508. The Morgan fingerprint density at radius 3 is 2.41 bits per heavy atom. The molecule has 0 fully saturated rings. The van der Waals surface area contributed by atoms with E-state index in [1.165, 1.54) is 7.11 Å². The van der Waals surface area contributed by atoms with Gasteiger partial charge in [-0.1, -0.05) is 52.3 Å². The second-order valence-electron chi connectivity index (χ2n) is 7.19. The quantitative estimate of drug-likeness (QED) is 0.244. The summed E-state index contributed by atoms with van der Waals surface area (Å²) in [4.78, 5) is 0. The van der Waals surface area contributed by atoms with Crippen LogP contribution in [0.4, 0.5) is 5.69 Å². The lowest BCUT2D eigenvalue weighted by atomic mass is 9.92. The van der Waals surface area contributed by atoms with Crippen LogP contribution in [-0.4, -0.2) is 22.4 Å². The molecule has 0 aliphatic carbocycles. The first-order valence-electron chi connectivity index (χ1n) is 9.87. The van der Waals surface area contributed by atoms with Gasteiger partial charge >= 0.3 is 0 Å². The normalized spacial score (nSPS) is 11.7. The molecule has 0 bridgehead atoms. The van der Waals surface area contributed by atoms with Crippen molar-refractivity contribution >= 4 is 49.7 Å². The number of halogens is 1. The van der Waals surface area contributed by atoms with Gasteiger partial charge in [0.15, 0.2) is 16.6 Å². The van der Waals surface area contributed by atoms with Gasteiger partial charge in [0.2, 0.25) is 0 Å². The van der Waals surface area contributed by atoms with Crippen molar-refractivity contribution in [3.63, 3.8) is 0 Å². The van der Waals surface area contributed by atoms with E-state index in [2.05, 4.69) is 26.6 Å². The van der Waals surface area contributed by atoms with Gasteiger partial charge in [0.05, 0.1) is 13.2 Å². The first-order chi connectivity index (χ1) is 15.5. The molecule has 0 saturated carbocycles. The molecule has 4 aromatic rings. The standard InChI is InChI=1S/C25H21BrN2O3S/c1-31-22-14-16(7-12-20(22)29)24(28-25(32)27-18-10-8-17(26)9-11-18)23-19-5-3-2-4-15(19)6-13-21(23)30/h2-14,24,29-30H,1H3,(H2,27,28,32). The maximum atomic E-state index is 10.9. The molecule has 0 heterocycles. The molecular formula is C25H21BrN2O3S. The lowest BCUT2D eigenvalue weighted by molar-refractivity contribution is 0.372. The Bertz CT molecular complexity index is 1280. The van der Waals surface area contributed by atoms with E-state index in [4.69, 9.17) is 17.0 Å².